The SMILES string of the molecule is CC(C)(C)C1=CN(C(C)(C)C)CC1. The van der Waals surface area contributed by atoms with E-state index in [1.54, 1.807) is 5.57 Å². The number of hydrogen-bond donors (Lipinski definition) is 0. The summed E-state index contributed by atoms with van der Waals surface area (Å²) in [6.07, 6.45) is 3.60. The van der Waals surface area contributed by atoms with Crippen molar-refractivity contribution in [2.75, 3.05) is 6.54 Å². The molecule has 0 aliphatic carbocycles. The molecule has 0 saturated carbocycles. The fraction of sp³-hybridized carbons (Fsp3) is 0.833. The van der Waals surface area contributed by atoms with Crippen molar-refractivity contribution in [2.45, 2.75) is 53.5 Å². The van der Waals surface area contributed by atoms with E-state index in [9.17, 15) is 0 Å². The maximum Gasteiger partial charge on any atom is 0.0312 e. The molecule has 76 valence electrons. The lowest BCUT2D eigenvalue weighted by atomic mass is 9.86. The Kier molecular flexibility index (Phi) is 2.48. The van der Waals surface area contributed by atoms with Crippen LogP contribution in [0.25, 0.3) is 0 Å². The zero-order chi connectivity index (χ0) is 10.3. The topological polar surface area (TPSA) is 3.24 Å². The van der Waals surface area contributed by atoms with Crippen molar-refractivity contribution in [3.8, 4) is 0 Å². The molecule has 1 aliphatic heterocycles. The quantitative estimate of drug-likeness (QED) is 0.553. The van der Waals surface area contributed by atoms with E-state index in [0.29, 0.717) is 5.41 Å². The maximum absolute atomic E-state index is 2.45. The Morgan fingerprint density at radius 1 is 1.08 bits per heavy atom. The summed E-state index contributed by atoms with van der Waals surface area (Å²) in [5, 5.41) is 0. The number of rotatable bonds is 0. The molecule has 0 aromatic heterocycles. The van der Waals surface area contributed by atoms with E-state index in [-0.39, 0.29) is 5.54 Å². The lowest BCUT2D eigenvalue weighted by molar-refractivity contribution is 0.222. The summed E-state index contributed by atoms with van der Waals surface area (Å²) in [6, 6.07) is 0. The summed E-state index contributed by atoms with van der Waals surface area (Å²) >= 11 is 0. The van der Waals surface area contributed by atoms with Gasteiger partial charge < -0.3 is 4.90 Å². The Bertz CT molecular complexity index is 212. The van der Waals surface area contributed by atoms with E-state index in [0.717, 1.165) is 0 Å². The van der Waals surface area contributed by atoms with Crippen LogP contribution in [0.2, 0.25) is 0 Å². The molecule has 13 heavy (non-hydrogen) atoms. The molecule has 0 N–H and O–H groups in total. The molecule has 0 aromatic carbocycles. The molecule has 0 fully saturated rings. The molecule has 1 nitrogen and oxygen atoms in total. The van der Waals surface area contributed by atoms with E-state index in [4.69, 9.17) is 0 Å². The molecule has 1 rings (SSSR count). The van der Waals surface area contributed by atoms with Crippen LogP contribution in [0.3, 0.4) is 0 Å². The van der Waals surface area contributed by atoms with Crippen molar-refractivity contribution in [2.24, 2.45) is 5.41 Å². The van der Waals surface area contributed by atoms with Crippen molar-refractivity contribution in [1.29, 1.82) is 0 Å². The van der Waals surface area contributed by atoms with Crippen molar-refractivity contribution in [3.05, 3.63) is 11.8 Å². The molecule has 1 heteroatoms. The molecule has 0 atom stereocenters. The first-order valence-corrected chi connectivity index (χ1v) is 5.19. The molecule has 0 aromatic rings. The standard InChI is InChI=1S/C12H23N/c1-11(2,3)10-7-8-13(9-10)12(4,5)6/h9H,7-8H2,1-6H3. The zero-order valence-electron chi connectivity index (χ0n) is 9.94. The van der Waals surface area contributed by atoms with Crippen LogP contribution < -0.4 is 0 Å². The summed E-state index contributed by atoms with van der Waals surface area (Å²) < 4.78 is 0. The maximum atomic E-state index is 2.45. The van der Waals surface area contributed by atoms with Crippen LogP contribution in [-0.4, -0.2) is 17.0 Å². The highest BCUT2D eigenvalue weighted by atomic mass is 15.2. The average molecular weight is 181 g/mol. The van der Waals surface area contributed by atoms with Gasteiger partial charge >= 0.3 is 0 Å². The van der Waals surface area contributed by atoms with Gasteiger partial charge in [-0.05, 0) is 44.4 Å². The molecule has 0 bridgehead atoms. The Morgan fingerprint density at radius 3 is 1.85 bits per heavy atom. The zero-order valence-corrected chi connectivity index (χ0v) is 9.94. The molecule has 0 radical (unpaired) electrons. The fourth-order valence-electron chi connectivity index (χ4n) is 1.66. The highest BCUT2D eigenvalue weighted by Gasteiger charge is 2.27. The first-order chi connectivity index (χ1) is 5.71. The third-order valence-corrected chi connectivity index (χ3v) is 2.76. The van der Waals surface area contributed by atoms with Crippen molar-refractivity contribution < 1.29 is 0 Å². The van der Waals surface area contributed by atoms with Gasteiger partial charge in [0.2, 0.25) is 0 Å². The second kappa shape index (κ2) is 3.04. The van der Waals surface area contributed by atoms with Gasteiger partial charge in [0, 0.05) is 12.1 Å². The largest absolute Gasteiger partial charge is 0.372 e. The van der Waals surface area contributed by atoms with Crippen LogP contribution in [0.1, 0.15) is 48.0 Å². The van der Waals surface area contributed by atoms with E-state index >= 15 is 0 Å². The van der Waals surface area contributed by atoms with Gasteiger partial charge in [0.25, 0.3) is 0 Å². The first kappa shape index (κ1) is 10.6. The lowest BCUT2D eigenvalue weighted by Crippen LogP contribution is -2.35. The van der Waals surface area contributed by atoms with E-state index in [1.165, 1.54) is 13.0 Å². The van der Waals surface area contributed by atoms with Gasteiger partial charge in [-0.2, -0.15) is 0 Å². The third-order valence-electron chi connectivity index (χ3n) is 2.76. The van der Waals surface area contributed by atoms with E-state index in [2.05, 4.69) is 52.6 Å². The molecule has 0 unspecified atom stereocenters. The van der Waals surface area contributed by atoms with Crippen molar-refractivity contribution >= 4 is 0 Å². The summed E-state index contributed by atoms with van der Waals surface area (Å²) in [4.78, 5) is 2.45. The molecule has 0 amide bonds. The number of nitrogens with zero attached hydrogens (tertiary/aromatic N) is 1. The molecule has 0 saturated heterocycles. The van der Waals surface area contributed by atoms with E-state index < -0.39 is 0 Å². The van der Waals surface area contributed by atoms with Crippen molar-refractivity contribution in [3.63, 3.8) is 0 Å². The predicted octanol–water partition coefficient (Wildman–Crippen LogP) is 3.42. The van der Waals surface area contributed by atoms with Gasteiger partial charge in [-0.1, -0.05) is 20.8 Å². The Labute approximate surface area is 82.8 Å². The van der Waals surface area contributed by atoms with Crippen LogP contribution in [0, 0.1) is 5.41 Å². The van der Waals surface area contributed by atoms with Gasteiger partial charge in [0.05, 0.1) is 0 Å². The summed E-state index contributed by atoms with van der Waals surface area (Å²) in [5.74, 6) is 0. The Hall–Kier alpha value is -0.460. The van der Waals surface area contributed by atoms with Crippen LogP contribution in [0.5, 0.6) is 0 Å². The third kappa shape index (κ3) is 2.49. The minimum Gasteiger partial charge on any atom is -0.372 e. The lowest BCUT2D eigenvalue weighted by Gasteiger charge is -2.31. The number of hydrogen-bond acceptors (Lipinski definition) is 1. The summed E-state index contributed by atoms with van der Waals surface area (Å²) in [5.41, 5.74) is 2.22. The molecular weight excluding hydrogens is 158 g/mol. The molecule has 0 spiro atoms. The molecule has 1 aliphatic rings. The normalized spacial score (nSPS) is 19.2. The summed E-state index contributed by atoms with van der Waals surface area (Å²) in [7, 11) is 0. The Morgan fingerprint density at radius 2 is 1.62 bits per heavy atom. The second-order valence-corrected chi connectivity index (χ2v) is 6.02. The predicted molar refractivity (Wildman–Crippen MR) is 58.6 cm³/mol. The fourth-order valence-corrected chi connectivity index (χ4v) is 1.66. The van der Waals surface area contributed by atoms with Crippen LogP contribution >= 0.6 is 0 Å². The monoisotopic (exact) mass is 181 g/mol. The average Bonchev–Trinajstić information content (AvgIpc) is 2.28. The van der Waals surface area contributed by atoms with Crippen LogP contribution in [0.4, 0.5) is 0 Å². The minimum atomic E-state index is 0.285. The smallest absolute Gasteiger partial charge is 0.0312 e. The molecular formula is C12H23N. The van der Waals surface area contributed by atoms with Gasteiger partial charge in [-0.3, -0.25) is 0 Å². The second-order valence-electron chi connectivity index (χ2n) is 6.02. The first-order valence-electron chi connectivity index (χ1n) is 5.19. The highest BCUT2D eigenvalue weighted by molar-refractivity contribution is 5.16. The molecule has 1 heterocycles. The van der Waals surface area contributed by atoms with Crippen LogP contribution in [0.15, 0.2) is 11.8 Å². The van der Waals surface area contributed by atoms with E-state index in [1.807, 2.05) is 0 Å². The van der Waals surface area contributed by atoms with Crippen molar-refractivity contribution in [1.82, 2.24) is 4.90 Å². The van der Waals surface area contributed by atoms with Crippen LogP contribution in [-0.2, 0) is 0 Å². The van der Waals surface area contributed by atoms with Gasteiger partial charge in [0.15, 0.2) is 0 Å². The van der Waals surface area contributed by atoms with Gasteiger partial charge in [0.1, 0.15) is 0 Å². The Balaban J connectivity index is 2.76. The van der Waals surface area contributed by atoms with Gasteiger partial charge in [-0.25, -0.2) is 0 Å². The minimum absolute atomic E-state index is 0.285. The highest BCUT2D eigenvalue weighted by Crippen LogP contribution is 2.34. The summed E-state index contributed by atoms with van der Waals surface area (Å²) in [6.45, 7) is 14.9. The van der Waals surface area contributed by atoms with Gasteiger partial charge in [-0.15, -0.1) is 0 Å².